The van der Waals surface area contributed by atoms with Crippen LogP contribution < -0.4 is 15.4 Å². The molecule has 0 bridgehead atoms. The summed E-state index contributed by atoms with van der Waals surface area (Å²) in [4.78, 5) is 14.8. The molecule has 1 aromatic heterocycles. The maximum atomic E-state index is 11.9. The van der Waals surface area contributed by atoms with E-state index >= 15 is 0 Å². The normalized spacial score (nSPS) is 10.5. The van der Waals surface area contributed by atoms with Gasteiger partial charge in [0.15, 0.2) is 11.5 Å². The van der Waals surface area contributed by atoms with Crippen LogP contribution in [0.1, 0.15) is 49.7 Å². The molecule has 0 amide bonds. The molecular weight excluding hydrogens is 260 g/mol. The second-order valence-electron chi connectivity index (χ2n) is 4.45. The molecule has 0 aliphatic heterocycles. The Kier molecular flexibility index (Phi) is 6.15. The lowest BCUT2D eigenvalue weighted by Gasteiger charge is -2.22. The summed E-state index contributed by atoms with van der Waals surface area (Å²) in [5, 5.41) is 0.987. The van der Waals surface area contributed by atoms with E-state index in [1.54, 1.807) is 7.11 Å². The average molecular weight is 284 g/mol. The van der Waals surface area contributed by atoms with Crippen LogP contribution in [0.25, 0.3) is 0 Å². The topological polar surface area (TPSA) is 55.6 Å². The molecule has 2 N–H and O–H groups in total. The third-order valence-electron chi connectivity index (χ3n) is 2.93. The minimum Gasteiger partial charge on any atom is -0.492 e. The average Bonchev–Trinajstić information content (AvgIpc) is 2.74. The van der Waals surface area contributed by atoms with Crippen molar-refractivity contribution in [2.45, 2.75) is 40.0 Å². The zero-order chi connectivity index (χ0) is 14.4. The number of hydrogen-bond acceptors (Lipinski definition) is 5. The summed E-state index contributed by atoms with van der Waals surface area (Å²) in [5.74, 6) is 0.740. The molecule has 0 spiro atoms. The van der Waals surface area contributed by atoms with Crippen LogP contribution in [0, 0.1) is 0 Å². The number of carbonyl (C=O) groups is 1. The Balaban J connectivity index is 3.20. The number of hydrogen-bond donors (Lipinski definition) is 1. The summed E-state index contributed by atoms with van der Waals surface area (Å²) in [6.07, 6.45) is 2.57. The Hall–Kier alpha value is -1.23. The highest BCUT2D eigenvalue weighted by Crippen LogP contribution is 2.45. The number of nitrogens with zero attached hydrogens (tertiary/aromatic N) is 1. The third kappa shape index (κ3) is 3.41. The lowest BCUT2D eigenvalue weighted by atomic mass is 10.2. The van der Waals surface area contributed by atoms with Crippen molar-refractivity contribution in [2.75, 3.05) is 30.8 Å². The van der Waals surface area contributed by atoms with Crippen LogP contribution in [0.15, 0.2) is 0 Å². The van der Waals surface area contributed by atoms with Gasteiger partial charge in [-0.1, -0.05) is 20.8 Å². The number of methoxy groups -OCH3 is 1. The highest BCUT2D eigenvalue weighted by molar-refractivity contribution is 7.19. The van der Waals surface area contributed by atoms with E-state index < -0.39 is 0 Å². The van der Waals surface area contributed by atoms with Crippen LogP contribution in [0.4, 0.5) is 10.7 Å². The lowest BCUT2D eigenvalue weighted by Crippen LogP contribution is -2.24. The second kappa shape index (κ2) is 7.38. The molecule has 1 aromatic rings. The van der Waals surface area contributed by atoms with E-state index in [0.717, 1.165) is 30.9 Å². The molecule has 0 aromatic carbocycles. The van der Waals surface area contributed by atoms with Crippen LogP contribution in [-0.2, 0) is 0 Å². The molecule has 0 saturated carbocycles. The van der Waals surface area contributed by atoms with E-state index in [1.165, 1.54) is 11.3 Å². The minimum atomic E-state index is 0.0833. The molecule has 1 heterocycles. The van der Waals surface area contributed by atoms with Gasteiger partial charge in [0.1, 0.15) is 5.00 Å². The first-order valence-corrected chi connectivity index (χ1v) is 7.66. The highest BCUT2D eigenvalue weighted by Gasteiger charge is 2.23. The van der Waals surface area contributed by atoms with Crippen LogP contribution in [0.3, 0.4) is 0 Å². The molecular formula is C14H24N2O2S. The first kappa shape index (κ1) is 15.8. The molecule has 0 unspecified atom stereocenters. The SMILES string of the molecule is CCCN(CCC)c1sc(C(=O)CC)c(N)c1OC. The Morgan fingerprint density at radius 3 is 2.26 bits per heavy atom. The largest absolute Gasteiger partial charge is 0.492 e. The Labute approximate surface area is 119 Å². The number of rotatable bonds is 8. The zero-order valence-electron chi connectivity index (χ0n) is 12.3. The number of thiophene rings is 1. The van der Waals surface area contributed by atoms with Crippen molar-refractivity contribution in [3.63, 3.8) is 0 Å². The van der Waals surface area contributed by atoms with Gasteiger partial charge >= 0.3 is 0 Å². The van der Waals surface area contributed by atoms with Crippen molar-refractivity contribution in [1.29, 1.82) is 0 Å². The van der Waals surface area contributed by atoms with Gasteiger partial charge in [0.05, 0.1) is 17.7 Å². The van der Waals surface area contributed by atoms with Gasteiger partial charge in [-0.2, -0.15) is 0 Å². The number of ether oxygens (including phenoxy) is 1. The first-order valence-electron chi connectivity index (χ1n) is 6.84. The van der Waals surface area contributed by atoms with Crippen molar-refractivity contribution in [3.05, 3.63) is 4.88 Å². The predicted molar refractivity (Wildman–Crippen MR) is 82.7 cm³/mol. The Morgan fingerprint density at radius 1 is 1.26 bits per heavy atom. The second-order valence-corrected chi connectivity index (χ2v) is 5.45. The molecule has 5 heteroatoms. The van der Waals surface area contributed by atoms with Crippen molar-refractivity contribution < 1.29 is 9.53 Å². The van der Waals surface area contributed by atoms with Gasteiger partial charge in [-0.3, -0.25) is 4.79 Å². The fourth-order valence-corrected chi connectivity index (χ4v) is 3.30. The summed E-state index contributed by atoms with van der Waals surface area (Å²) in [5.41, 5.74) is 6.55. The van der Waals surface area contributed by atoms with E-state index in [0.29, 0.717) is 22.7 Å². The van der Waals surface area contributed by atoms with E-state index in [2.05, 4.69) is 18.7 Å². The van der Waals surface area contributed by atoms with E-state index in [-0.39, 0.29) is 5.78 Å². The molecule has 0 atom stereocenters. The molecule has 0 radical (unpaired) electrons. The van der Waals surface area contributed by atoms with E-state index in [9.17, 15) is 4.79 Å². The van der Waals surface area contributed by atoms with Crippen molar-refractivity contribution >= 4 is 27.8 Å². The van der Waals surface area contributed by atoms with Crippen LogP contribution in [0.5, 0.6) is 5.75 Å². The summed E-state index contributed by atoms with van der Waals surface area (Å²) in [6.45, 7) is 8.03. The number of carbonyl (C=O) groups excluding carboxylic acids is 1. The van der Waals surface area contributed by atoms with Crippen LogP contribution in [-0.4, -0.2) is 26.0 Å². The Bertz CT molecular complexity index is 423. The number of Topliss-reactive ketones (excluding diaryl/α,β-unsaturated/α-hetero) is 1. The van der Waals surface area contributed by atoms with Crippen LogP contribution in [0.2, 0.25) is 0 Å². The molecule has 0 aliphatic rings. The van der Waals surface area contributed by atoms with Gasteiger partial charge in [0.25, 0.3) is 0 Å². The summed E-state index contributed by atoms with van der Waals surface area (Å²) in [6, 6.07) is 0. The van der Waals surface area contributed by atoms with Gasteiger partial charge in [0, 0.05) is 19.5 Å². The van der Waals surface area contributed by atoms with E-state index in [4.69, 9.17) is 10.5 Å². The summed E-state index contributed by atoms with van der Waals surface area (Å²) >= 11 is 1.46. The van der Waals surface area contributed by atoms with E-state index in [1.807, 2.05) is 6.92 Å². The fourth-order valence-electron chi connectivity index (χ4n) is 2.04. The maximum absolute atomic E-state index is 11.9. The molecule has 4 nitrogen and oxygen atoms in total. The van der Waals surface area contributed by atoms with Crippen LogP contribution >= 0.6 is 11.3 Å². The summed E-state index contributed by atoms with van der Waals surface area (Å²) in [7, 11) is 1.61. The number of nitrogen functional groups attached to an aromatic ring is 1. The molecule has 108 valence electrons. The molecule has 1 rings (SSSR count). The van der Waals surface area contributed by atoms with Crippen molar-refractivity contribution in [2.24, 2.45) is 0 Å². The third-order valence-corrected chi connectivity index (χ3v) is 4.22. The van der Waals surface area contributed by atoms with Gasteiger partial charge in [-0.05, 0) is 12.8 Å². The van der Waals surface area contributed by atoms with Gasteiger partial charge in [-0.15, -0.1) is 11.3 Å². The maximum Gasteiger partial charge on any atom is 0.177 e. The Morgan fingerprint density at radius 2 is 1.84 bits per heavy atom. The molecule has 0 fully saturated rings. The molecule has 19 heavy (non-hydrogen) atoms. The number of ketones is 1. The van der Waals surface area contributed by atoms with Gasteiger partial charge in [-0.25, -0.2) is 0 Å². The quantitative estimate of drug-likeness (QED) is 0.742. The van der Waals surface area contributed by atoms with Gasteiger partial charge < -0.3 is 15.4 Å². The smallest absolute Gasteiger partial charge is 0.177 e. The van der Waals surface area contributed by atoms with Crippen molar-refractivity contribution in [1.82, 2.24) is 0 Å². The predicted octanol–water partition coefficient (Wildman–Crippen LogP) is 3.56. The number of nitrogens with two attached hydrogens (primary N) is 1. The fraction of sp³-hybridized carbons (Fsp3) is 0.643. The number of anilines is 2. The molecule has 0 aliphatic carbocycles. The standard InChI is InChI=1S/C14H24N2O2S/c1-5-8-16(9-6-2)14-12(18-4)11(15)13(19-14)10(17)7-3/h5-9,15H2,1-4H3. The van der Waals surface area contributed by atoms with Gasteiger partial charge in [0.2, 0.25) is 0 Å². The molecule has 0 saturated heterocycles. The minimum absolute atomic E-state index is 0.0833. The lowest BCUT2D eigenvalue weighted by molar-refractivity contribution is 0.0992. The zero-order valence-corrected chi connectivity index (χ0v) is 13.1. The first-order chi connectivity index (χ1) is 9.10. The summed E-state index contributed by atoms with van der Waals surface area (Å²) < 4.78 is 5.42. The highest BCUT2D eigenvalue weighted by atomic mass is 32.1. The van der Waals surface area contributed by atoms with Crippen molar-refractivity contribution in [3.8, 4) is 5.75 Å². The monoisotopic (exact) mass is 284 g/mol.